The summed E-state index contributed by atoms with van der Waals surface area (Å²) in [5, 5.41) is 10.4. The van der Waals surface area contributed by atoms with E-state index in [9.17, 15) is 14.9 Å². The van der Waals surface area contributed by atoms with Crippen molar-refractivity contribution in [1.29, 1.82) is 0 Å². The molecule has 0 bridgehead atoms. The summed E-state index contributed by atoms with van der Waals surface area (Å²) < 4.78 is 1.43. The number of nitro groups is 1. The quantitative estimate of drug-likeness (QED) is 0.488. The van der Waals surface area contributed by atoms with Gasteiger partial charge in [-0.2, -0.15) is 0 Å². The first-order chi connectivity index (χ1) is 6.18. The van der Waals surface area contributed by atoms with E-state index in [2.05, 4.69) is 0 Å². The highest BCUT2D eigenvalue weighted by atomic mass is 32.2. The molecule has 0 spiro atoms. The number of pyridine rings is 1. The molecule has 1 aliphatic rings. The van der Waals surface area contributed by atoms with Gasteiger partial charge in [-0.25, -0.2) is 0 Å². The zero-order valence-electron chi connectivity index (χ0n) is 6.54. The fourth-order valence-electron chi connectivity index (χ4n) is 1.23. The number of aromatic nitrogens is 1. The molecule has 0 aromatic carbocycles. The average Bonchev–Trinajstić information content (AvgIpc) is 2.49. The van der Waals surface area contributed by atoms with Crippen LogP contribution in [0.1, 0.15) is 0 Å². The molecular weight excluding hydrogens is 192 g/mol. The van der Waals surface area contributed by atoms with Crippen LogP contribution in [0.3, 0.4) is 0 Å². The van der Waals surface area contributed by atoms with Crippen molar-refractivity contribution in [2.75, 3.05) is 0 Å². The Labute approximate surface area is 77.5 Å². The van der Waals surface area contributed by atoms with Crippen LogP contribution < -0.4 is 5.56 Å². The number of rotatable bonds is 1. The third-order valence-corrected chi connectivity index (χ3v) is 3.03. The Hall–Kier alpha value is -1.30. The van der Waals surface area contributed by atoms with Gasteiger partial charge in [-0.05, 0) is 17.8 Å². The SMILES string of the molecule is O=c1cccc2n1CC([N+](=O)[O-])S2. The van der Waals surface area contributed by atoms with Gasteiger partial charge in [0.25, 0.3) is 10.9 Å². The van der Waals surface area contributed by atoms with Gasteiger partial charge in [0.05, 0.1) is 5.03 Å². The summed E-state index contributed by atoms with van der Waals surface area (Å²) in [5.74, 6) is 0. The molecule has 0 N–H and O–H groups in total. The van der Waals surface area contributed by atoms with E-state index in [4.69, 9.17) is 0 Å². The lowest BCUT2D eigenvalue weighted by molar-refractivity contribution is -0.496. The fraction of sp³-hybridized carbons (Fsp3) is 0.286. The third kappa shape index (κ3) is 1.33. The first kappa shape index (κ1) is 8.31. The average molecular weight is 198 g/mol. The number of thioether (sulfide) groups is 1. The zero-order valence-corrected chi connectivity index (χ0v) is 7.36. The molecule has 0 fully saturated rings. The van der Waals surface area contributed by atoms with Crippen LogP contribution in [0.2, 0.25) is 0 Å². The van der Waals surface area contributed by atoms with Crippen LogP contribution in [-0.4, -0.2) is 14.9 Å². The molecule has 1 aliphatic heterocycles. The molecule has 1 aromatic rings. The fourth-order valence-corrected chi connectivity index (χ4v) is 2.26. The number of fused-ring (bicyclic) bond motifs is 1. The van der Waals surface area contributed by atoms with Crippen molar-refractivity contribution in [3.63, 3.8) is 0 Å². The Bertz CT molecular complexity index is 414. The van der Waals surface area contributed by atoms with E-state index >= 15 is 0 Å². The van der Waals surface area contributed by atoms with Gasteiger partial charge in [-0.3, -0.25) is 19.5 Å². The Morgan fingerprint density at radius 2 is 2.38 bits per heavy atom. The summed E-state index contributed by atoms with van der Waals surface area (Å²) in [6.45, 7) is 0.173. The number of nitrogens with zero attached hydrogens (tertiary/aromatic N) is 2. The number of hydrogen-bond acceptors (Lipinski definition) is 4. The number of hydrogen-bond donors (Lipinski definition) is 0. The largest absolute Gasteiger partial charge is 0.295 e. The lowest BCUT2D eigenvalue weighted by Crippen LogP contribution is -2.22. The van der Waals surface area contributed by atoms with E-state index in [1.54, 1.807) is 12.1 Å². The molecule has 0 amide bonds. The lowest BCUT2D eigenvalue weighted by Gasteiger charge is -1.96. The molecule has 1 aromatic heterocycles. The van der Waals surface area contributed by atoms with E-state index in [-0.39, 0.29) is 17.0 Å². The minimum Gasteiger partial charge on any atom is -0.295 e. The molecule has 68 valence electrons. The summed E-state index contributed by atoms with van der Waals surface area (Å²) in [5.41, 5.74) is -0.172. The van der Waals surface area contributed by atoms with Crippen LogP contribution in [0.25, 0.3) is 0 Å². The van der Waals surface area contributed by atoms with Gasteiger partial charge in [0.15, 0.2) is 0 Å². The summed E-state index contributed by atoms with van der Waals surface area (Å²) in [6, 6.07) is 4.74. The molecule has 2 rings (SSSR count). The second-order valence-electron chi connectivity index (χ2n) is 2.67. The Kier molecular flexibility index (Phi) is 1.84. The molecule has 2 heterocycles. The first-order valence-corrected chi connectivity index (χ1v) is 4.56. The standard InChI is InChI=1S/C7H6N2O3S/c10-5-2-1-3-6-8(5)4-7(13-6)9(11)12/h1-3,7H,4H2. The minimum absolute atomic E-state index is 0.172. The van der Waals surface area contributed by atoms with Gasteiger partial charge in [0.2, 0.25) is 0 Å². The highest BCUT2D eigenvalue weighted by molar-refractivity contribution is 7.99. The molecule has 0 saturated carbocycles. The van der Waals surface area contributed by atoms with E-state index in [1.807, 2.05) is 0 Å². The van der Waals surface area contributed by atoms with Crippen LogP contribution in [0.5, 0.6) is 0 Å². The summed E-state index contributed by atoms with van der Waals surface area (Å²) in [6.07, 6.45) is 0. The smallest absolute Gasteiger partial charge is 0.281 e. The van der Waals surface area contributed by atoms with Crippen molar-refractivity contribution in [1.82, 2.24) is 4.57 Å². The van der Waals surface area contributed by atoms with Crippen molar-refractivity contribution in [2.24, 2.45) is 0 Å². The Balaban J connectivity index is 2.41. The van der Waals surface area contributed by atoms with Gasteiger partial charge in [-0.1, -0.05) is 6.07 Å². The third-order valence-electron chi connectivity index (χ3n) is 1.84. The van der Waals surface area contributed by atoms with Crippen molar-refractivity contribution in [3.8, 4) is 0 Å². The second-order valence-corrected chi connectivity index (χ2v) is 3.87. The molecular formula is C7H6N2O3S. The molecule has 1 unspecified atom stereocenters. The summed E-state index contributed by atoms with van der Waals surface area (Å²) in [7, 11) is 0. The maximum Gasteiger partial charge on any atom is 0.281 e. The van der Waals surface area contributed by atoms with Crippen LogP contribution in [0.15, 0.2) is 28.0 Å². The van der Waals surface area contributed by atoms with Crippen LogP contribution in [-0.2, 0) is 6.54 Å². The van der Waals surface area contributed by atoms with E-state index in [0.29, 0.717) is 5.03 Å². The second kappa shape index (κ2) is 2.88. The Morgan fingerprint density at radius 1 is 1.62 bits per heavy atom. The van der Waals surface area contributed by atoms with Crippen molar-refractivity contribution in [3.05, 3.63) is 38.7 Å². The maximum absolute atomic E-state index is 11.2. The molecule has 0 aliphatic carbocycles. The Morgan fingerprint density at radius 3 is 3.00 bits per heavy atom. The normalized spacial score (nSPS) is 19.8. The predicted octanol–water partition coefficient (Wildman–Crippen LogP) is 0.557. The summed E-state index contributed by atoms with van der Waals surface area (Å²) in [4.78, 5) is 21.3. The van der Waals surface area contributed by atoms with Crippen LogP contribution in [0.4, 0.5) is 0 Å². The van der Waals surface area contributed by atoms with Crippen LogP contribution >= 0.6 is 11.8 Å². The van der Waals surface area contributed by atoms with Crippen LogP contribution in [0, 0.1) is 10.1 Å². The van der Waals surface area contributed by atoms with E-state index in [1.165, 1.54) is 10.6 Å². The van der Waals surface area contributed by atoms with Gasteiger partial charge in [-0.15, -0.1) is 0 Å². The molecule has 0 saturated heterocycles. The van der Waals surface area contributed by atoms with E-state index < -0.39 is 5.37 Å². The molecule has 0 radical (unpaired) electrons. The molecule has 13 heavy (non-hydrogen) atoms. The highest BCUT2D eigenvalue weighted by Gasteiger charge is 2.31. The monoisotopic (exact) mass is 198 g/mol. The van der Waals surface area contributed by atoms with Crippen molar-refractivity contribution < 1.29 is 4.92 Å². The minimum atomic E-state index is -0.713. The molecule has 6 heteroatoms. The van der Waals surface area contributed by atoms with Crippen molar-refractivity contribution >= 4 is 11.8 Å². The molecule has 1 atom stereocenters. The molecule has 5 nitrogen and oxygen atoms in total. The summed E-state index contributed by atoms with van der Waals surface area (Å²) >= 11 is 1.12. The van der Waals surface area contributed by atoms with E-state index in [0.717, 1.165) is 11.8 Å². The lowest BCUT2D eigenvalue weighted by atomic mass is 10.4. The van der Waals surface area contributed by atoms with Gasteiger partial charge in [0, 0.05) is 11.0 Å². The first-order valence-electron chi connectivity index (χ1n) is 3.68. The predicted molar refractivity (Wildman–Crippen MR) is 47.3 cm³/mol. The van der Waals surface area contributed by atoms with Gasteiger partial charge < -0.3 is 0 Å². The van der Waals surface area contributed by atoms with Gasteiger partial charge >= 0.3 is 0 Å². The highest BCUT2D eigenvalue weighted by Crippen LogP contribution is 2.29. The van der Waals surface area contributed by atoms with Crippen molar-refractivity contribution in [2.45, 2.75) is 16.9 Å². The maximum atomic E-state index is 11.2. The topological polar surface area (TPSA) is 65.1 Å². The zero-order chi connectivity index (χ0) is 9.42. The van der Waals surface area contributed by atoms with Gasteiger partial charge in [0.1, 0.15) is 6.54 Å².